The number of benzene rings is 1. The molecule has 3 rings (SSSR count). The first-order chi connectivity index (χ1) is 9.59. The first-order valence-electron chi connectivity index (χ1n) is 7.07. The molecule has 0 amide bonds. The maximum Gasteiger partial charge on any atom is 0.142 e. The van der Waals surface area contributed by atoms with Crippen molar-refractivity contribution in [1.82, 2.24) is 9.97 Å². The monoisotopic (exact) mass is 268 g/mol. The summed E-state index contributed by atoms with van der Waals surface area (Å²) in [7, 11) is 0. The van der Waals surface area contributed by atoms with Crippen molar-refractivity contribution >= 4 is 17.3 Å². The van der Waals surface area contributed by atoms with Crippen LogP contribution >= 0.6 is 0 Å². The van der Waals surface area contributed by atoms with Crippen LogP contribution in [-0.2, 0) is 6.42 Å². The van der Waals surface area contributed by atoms with E-state index in [0.717, 1.165) is 17.8 Å². The van der Waals surface area contributed by atoms with Gasteiger partial charge in [-0.2, -0.15) is 0 Å². The van der Waals surface area contributed by atoms with E-state index < -0.39 is 0 Å². The zero-order valence-electron chi connectivity index (χ0n) is 12.2. The number of hydrogen-bond donors (Lipinski definition) is 1. The molecule has 0 saturated heterocycles. The smallest absolute Gasteiger partial charge is 0.142 e. The van der Waals surface area contributed by atoms with Gasteiger partial charge in [-0.15, -0.1) is 0 Å². The van der Waals surface area contributed by atoms with E-state index in [1.165, 1.54) is 11.3 Å². The summed E-state index contributed by atoms with van der Waals surface area (Å²) in [6.07, 6.45) is 2.60. The van der Waals surface area contributed by atoms with Crippen molar-refractivity contribution in [2.24, 2.45) is 0 Å². The summed E-state index contributed by atoms with van der Waals surface area (Å²) < 4.78 is 0. The standard InChI is InChI=1S/C16H20N4/c1-10(2)14-15(17)18-9-19-16(14)20-11(3)8-12-6-4-5-7-13(12)20/h4-7,9-11H,8H2,1-3H3,(H2,17,18,19). The topological polar surface area (TPSA) is 55.0 Å². The molecule has 0 saturated carbocycles. The number of hydrogen-bond acceptors (Lipinski definition) is 4. The fourth-order valence-electron chi connectivity index (χ4n) is 3.03. The number of fused-ring (bicyclic) bond motifs is 1. The number of aromatic nitrogens is 2. The Bertz CT molecular complexity index is 636. The summed E-state index contributed by atoms with van der Waals surface area (Å²) >= 11 is 0. The maximum absolute atomic E-state index is 6.08. The van der Waals surface area contributed by atoms with Gasteiger partial charge < -0.3 is 10.6 Å². The van der Waals surface area contributed by atoms with Crippen LogP contribution < -0.4 is 10.6 Å². The van der Waals surface area contributed by atoms with Crippen LogP contribution in [0, 0.1) is 0 Å². The molecule has 0 bridgehead atoms. The molecule has 1 aliphatic rings. The molecular weight excluding hydrogens is 248 g/mol. The number of anilines is 3. The van der Waals surface area contributed by atoms with Gasteiger partial charge in [0, 0.05) is 17.3 Å². The molecule has 4 heteroatoms. The second-order valence-electron chi connectivity index (χ2n) is 5.70. The van der Waals surface area contributed by atoms with E-state index in [-0.39, 0.29) is 0 Å². The van der Waals surface area contributed by atoms with Gasteiger partial charge in [0.2, 0.25) is 0 Å². The van der Waals surface area contributed by atoms with Gasteiger partial charge >= 0.3 is 0 Å². The molecule has 4 nitrogen and oxygen atoms in total. The highest BCUT2D eigenvalue weighted by Crippen LogP contribution is 2.41. The van der Waals surface area contributed by atoms with Gasteiger partial charge in [-0.25, -0.2) is 9.97 Å². The molecule has 0 radical (unpaired) electrons. The molecule has 1 aromatic carbocycles. The van der Waals surface area contributed by atoms with Crippen molar-refractivity contribution < 1.29 is 0 Å². The van der Waals surface area contributed by atoms with Gasteiger partial charge in [0.25, 0.3) is 0 Å². The van der Waals surface area contributed by atoms with Crippen molar-refractivity contribution in [1.29, 1.82) is 0 Å². The van der Waals surface area contributed by atoms with Gasteiger partial charge in [0.15, 0.2) is 0 Å². The van der Waals surface area contributed by atoms with Gasteiger partial charge in [0.05, 0.1) is 0 Å². The molecule has 0 aliphatic carbocycles. The maximum atomic E-state index is 6.08. The third-order valence-corrected chi connectivity index (χ3v) is 3.91. The average molecular weight is 268 g/mol. The summed E-state index contributed by atoms with van der Waals surface area (Å²) in [5.74, 6) is 1.83. The minimum Gasteiger partial charge on any atom is -0.383 e. The largest absolute Gasteiger partial charge is 0.383 e. The van der Waals surface area contributed by atoms with Crippen LogP contribution in [0.2, 0.25) is 0 Å². The SMILES string of the molecule is CC(C)c1c(N)ncnc1N1c2ccccc2CC1C. The molecular formula is C16H20N4. The lowest BCUT2D eigenvalue weighted by Gasteiger charge is -2.27. The first-order valence-corrected chi connectivity index (χ1v) is 7.07. The summed E-state index contributed by atoms with van der Waals surface area (Å²) in [6, 6.07) is 8.89. The molecule has 2 N–H and O–H groups in total. The fourth-order valence-corrected chi connectivity index (χ4v) is 3.03. The molecule has 1 aromatic heterocycles. The van der Waals surface area contributed by atoms with Crippen molar-refractivity contribution in [3.8, 4) is 0 Å². The van der Waals surface area contributed by atoms with Crippen LogP contribution in [0.25, 0.3) is 0 Å². The number of nitrogen functional groups attached to an aromatic ring is 1. The molecule has 20 heavy (non-hydrogen) atoms. The average Bonchev–Trinajstić information content (AvgIpc) is 2.73. The lowest BCUT2D eigenvalue weighted by atomic mass is 10.0. The van der Waals surface area contributed by atoms with E-state index in [4.69, 9.17) is 5.73 Å². The van der Waals surface area contributed by atoms with E-state index in [9.17, 15) is 0 Å². The van der Waals surface area contributed by atoms with E-state index in [1.54, 1.807) is 6.33 Å². The Labute approximate surface area is 119 Å². The van der Waals surface area contributed by atoms with Crippen LogP contribution in [0.4, 0.5) is 17.3 Å². The molecule has 2 aromatic rings. The zero-order chi connectivity index (χ0) is 14.3. The second kappa shape index (κ2) is 4.78. The van der Waals surface area contributed by atoms with Crippen LogP contribution in [0.1, 0.15) is 37.8 Å². The number of rotatable bonds is 2. The second-order valence-corrected chi connectivity index (χ2v) is 5.70. The molecule has 0 spiro atoms. The van der Waals surface area contributed by atoms with Crippen molar-refractivity contribution in [3.63, 3.8) is 0 Å². The number of para-hydroxylation sites is 1. The van der Waals surface area contributed by atoms with Crippen LogP contribution in [0.5, 0.6) is 0 Å². The molecule has 0 fully saturated rings. The van der Waals surface area contributed by atoms with Crippen molar-refractivity contribution in [2.45, 2.75) is 39.2 Å². The van der Waals surface area contributed by atoms with Crippen LogP contribution in [-0.4, -0.2) is 16.0 Å². The summed E-state index contributed by atoms with van der Waals surface area (Å²) in [6.45, 7) is 6.48. The summed E-state index contributed by atoms with van der Waals surface area (Å²) in [5.41, 5.74) is 9.72. The first kappa shape index (κ1) is 12.9. The van der Waals surface area contributed by atoms with Crippen LogP contribution in [0.15, 0.2) is 30.6 Å². The molecule has 1 unspecified atom stereocenters. The summed E-state index contributed by atoms with van der Waals surface area (Å²) in [5, 5.41) is 0. The molecule has 1 aliphatic heterocycles. The third-order valence-electron chi connectivity index (χ3n) is 3.91. The highest BCUT2D eigenvalue weighted by molar-refractivity contribution is 5.73. The Morgan fingerprint density at radius 1 is 1.25 bits per heavy atom. The Balaban J connectivity index is 2.17. The van der Waals surface area contributed by atoms with Gasteiger partial charge in [-0.3, -0.25) is 0 Å². The summed E-state index contributed by atoms with van der Waals surface area (Å²) in [4.78, 5) is 11.0. The lowest BCUT2D eigenvalue weighted by molar-refractivity contribution is 0.735. The van der Waals surface area contributed by atoms with Crippen molar-refractivity contribution in [2.75, 3.05) is 10.6 Å². The fraction of sp³-hybridized carbons (Fsp3) is 0.375. The minimum absolute atomic E-state index is 0.297. The lowest BCUT2D eigenvalue weighted by Crippen LogP contribution is -2.26. The highest BCUT2D eigenvalue weighted by Gasteiger charge is 2.30. The Morgan fingerprint density at radius 3 is 2.75 bits per heavy atom. The van der Waals surface area contributed by atoms with Gasteiger partial charge in [-0.05, 0) is 30.9 Å². The number of nitrogens with two attached hydrogens (primary N) is 1. The quantitative estimate of drug-likeness (QED) is 0.908. The normalized spacial score (nSPS) is 17.6. The van der Waals surface area contributed by atoms with Crippen molar-refractivity contribution in [3.05, 3.63) is 41.7 Å². The zero-order valence-corrected chi connectivity index (χ0v) is 12.2. The minimum atomic E-state index is 0.297. The Hall–Kier alpha value is -2.10. The Morgan fingerprint density at radius 2 is 2.00 bits per heavy atom. The van der Waals surface area contributed by atoms with Gasteiger partial charge in [0.1, 0.15) is 18.0 Å². The predicted octanol–water partition coefficient (Wildman–Crippen LogP) is 3.26. The highest BCUT2D eigenvalue weighted by atomic mass is 15.2. The third kappa shape index (κ3) is 1.92. The number of nitrogens with zero attached hydrogens (tertiary/aromatic N) is 3. The predicted molar refractivity (Wildman–Crippen MR) is 82.3 cm³/mol. The molecule has 104 valence electrons. The van der Waals surface area contributed by atoms with Crippen LogP contribution in [0.3, 0.4) is 0 Å². The van der Waals surface area contributed by atoms with E-state index in [1.807, 2.05) is 0 Å². The molecule has 2 heterocycles. The van der Waals surface area contributed by atoms with E-state index in [0.29, 0.717) is 17.8 Å². The molecule has 1 atom stereocenters. The van der Waals surface area contributed by atoms with E-state index in [2.05, 4.69) is 59.9 Å². The Kier molecular flexibility index (Phi) is 3.08. The van der Waals surface area contributed by atoms with Gasteiger partial charge in [-0.1, -0.05) is 32.0 Å². The van der Waals surface area contributed by atoms with E-state index >= 15 is 0 Å².